The fraction of sp³-hybridized carbons (Fsp3) is 0.261. The second-order valence-electron chi connectivity index (χ2n) is 6.91. The van der Waals surface area contributed by atoms with Crippen LogP contribution in [0.25, 0.3) is 0 Å². The Kier molecular flexibility index (Phi) is 7.89. The van der Waals surface area contributed by atoms with Crippen molar-refractivity contribution in [3.05, 3.63) is 72.7 Å². The molecule has 0 spiro atoms. The summed E-state index contributed by atoms with van der Waals surface area (Å²) in [6.07, 6.45) is 6.44. The van der Waals surface area contributed by atoms with Crippen LogP contribution in [0.15, 0.2) is 67.1 Å². The summed E-state index contributed by atoms with van der Waals surface area (Å²) in [6.45, 7) is 0.978. The van der Waals surface area contributed by atoms with Gasteiger partial charge in [0, 0.05) is 56.3 Å². The quantitative estimate of drug-likeness (QED) is 0.547. The summed E-state index contributed by atoms with van der Waals surface area (Å²) in [4.78, 5) is 30.5. The zero-order valence-electron chi connectivity index (χ0n) is 17.1. The highest BCUT2D eigenvalue weighted by Crippen LogP contribution is 2.16. The maximum Gasteiger partial charge on any atom is 0.227 e. The van der Waals surface area contributed by atoms with Gasteiger partial charge < -0.3 is 10.2 Å². The second-order valence-corrected chi connectivity index (χ2v) is 6.91. The second kappa shape index (κ2) is 11.3. The van der Waals surface area contributed by atoms with Crippen LogP contribution in [-0.4, -0.2) is 33.1 Å². The van der Waals surface area contributed by atoms with Gasteiger partial charge in [0.15, 0.2) is 5.82 Å². The molecular weight excluding hydrogens is 392 g/mol. The number of anilines is 2. The molecule has 2 heterocycles. The first-order valence-corrected chi connectivity index (χ1v) is 10.1. The molecule has 3 rings (SSSR count). The first-order chi connectivity index (χ1) is 15.2. The van der Waals surface area contributed by atoms with Gasteiger partial charge in [-0.3, -0.25) is 19.3 Å². The standard InChI is InChI=1S/C23H24N6O2/c24-13-4-16-29(20-5-2-1-3-6-20)23(31)8-7-22(30)26-21-12-18-28(27-21)17-11-19-9-14-25-15-10-19/h1-3,5-6,9-10,12,14-15,18H,4,7-8,11,16-17H2,(H,26,27,30). The molecule has 0 aliphatic heterocycles. The molecule has 0 unspecified atom stereocenters. The highest BCUT2D eigenvalue weighted by Gasteiger charge is 2.17. The van der Waals surface area contributed by atoms with Crippen LogP contribution in [0.3, 0.4) is 0 Å². The summed E-state index contributed by atoms with van der Waals surface area (Å²) in [6, 6.07) is 16.9. The molecule has 158 valence electrons. The summed E-state index contributed by atoms with van der Waals surface area (Å²) in [7, 11) is 0. The first kappa shape index (κ1) is 21.7. The van der Waals surface area contributed by atoms with E-state index >= 15 is 0 Å². The van der Waals surface area contributed by atoms with Crippen LogP contribution in [0.2, 0.25) is 0 Å². The average Bonchev–Trinajstić information content (AvgIpc) is 3.25. The van der Waals surface area contributed by atoms with E-state index in [1.165, 1.54) is 0 Å². The Morgan fingerprint density at radius 1 is 1.06 bits per heavy atom. The molecule has 0 saturated heterocycles. The first-order valence-electron chi connectivity index (χ1n) is 10.1. The summed E-state index contributed by atoms with van der Waals surface area (Å²) in [5, 5.41) is 16.0. The van der Waals surface area contributed by atoms with Crippen LogP contribution in [0.1, 0.15) is 24.8 Å². The lowest BCUT2D eigenvalue weighted by atomic mass is 10.2. The SMILES string of the molecule is N#CCCN(C(=O)CCC(=O)Nc1ccn(CCc2ccncc2)n1)c1ccccc1. The molecule has 2 amide bonds. The largest absolute Gasteiger partial charge is 0.311 e. The van der Waals surface area contributed by atoms with Gasteiger partial charge in [0.25, 0.3) is 0 Å². The van der Waals surface area contributed by atoms with Gasteiger partial charge in [0.05, 0.1) is 12.5 Å². The molecule has 0 saturated carbocycles. The molecule has 1 aromatic carbocycles. The fourth-order valence-electron chi connectivity index (χ4n) is 3.07. The number of nitrogens with one attached hydrogen (secondary N) is 1. The minimum absolute atomic E-state index is 0.0403. The van der Waals surface area contributed by atoms with Gasteiger partial charge in [-0.05, 0) is 36.2 Å². The summed E-state index contributed by atoms with van der Waals surface area (Å²) < 4.78 is 1.76. The van der Waals surface area contributed by atoms with E-state index in [1.54, 1.807) is 34.2 Å². The average molecular weight is 416 g/mol. The Morgan fingerprint density at radius 3 is 2.58 bits per heavy atom. The number of carbonyl (C=O) groups is 2. The van der Waals surface area contributed by atoms with Gasteiger partial charge in [-0.25, -0.2) is 0 Å². The van der Waals surface area contributed by atoms with E-state index in [0.717, 1.165) is 17.7 Å². The third-order valence-electron chi connectivity index (χ3n) is 4.67. The molecule has 3 aromatic rings. The van der Waals surface area contributed by atoms with Crippen molar-refractivity contribution in [1.29, 1.82) is 5.26 Å². The van der Waals surface area contributed by atoms with Crippen molar-refractivity contribution in [3.8, 4) is 6.07 Å². The number of rotatable bonds is 10. The van der Waals surface area contributed by atoms with Gasteiger partial charge in [-0.2, -0.15) is 10.4 Å². The number of hydrogen-bond acceptors (Lipinski definition) is 5. The molecule has 1 N–H and O–H groups in total. The Balaban J connectivity index is 1.48. The molecule has 0 fully saturated rings. The fourth-order valence-corrected chi connectivity index (χ4v) is 3.07. The number of nitriles is 1. The predicted molar refractivity (Wildman–Crippen MR) is 117 cm³/mol. The van der Waals surface area contributed by atoms with Crippen molar-refractivity contribution in [3.63, 3.8) is 0 Å². The molecule has 0 atom stereocenters. The van der Waals surface area contributed by atoms with Gasteiger partial charge in [0.1, 0.15) is 0 Å². The Bertz CT molecular complexity index is 1030. The van der Waals surface area contributed by atoms with E-state index < -0.39 is 0 Å². The normalized spacial score (nSPS) is 10.3. The van der Waals surface area contributed by atoms with E-state index in [9.17, 15) is 9.59 Å². The van der Waals surface area contributed by atoms with Crippen LogP contribution < -0.4 is 10.2 Å². The molecule has 0 radical (unpaired) electrons. The molecule has 31 heavy (non-hydrogen) atoms. The Labute approximate surface area is 181 Å². The van der Waals surface area contributed by atoms with Gasteiger partial charge >= 0.3 is 0 Å². The van der Waals surface area contributed by atoms with E-state index in [0.29, 0.717) is 18.9 Å². The number of carbonyl (C=O) groups excluding carboxylic acids is 2. The third kappa shape index (κ3) is 6.78. The maximum absolute atomic E-state index is 12.6. The van der Waals surface area contributed by atoms with E-state index in [-0.39, 0.29) is 31.1 Å². The molecule has 2 aromatic heterocycles. The topological polar surface area (TPSA) is 104 Å². The van der Waals surface area contributed by atoms with Crippen molar-refractivity contribution in [1.82, 2.24) is 14.8 Å². The number of hydrogen-bond donors (Lipinski definition) is 1. The van der Waals surface area contributed by atoms with E-state index in [1.807, 2.05) is 42.5 Å². The summed E-state index contributed by atoms with van der Waals surface area (Å²) in [5.41, 5.74) is 1.88. The Morgan fingerprint density at radius 2 is 1.84 bits per heavy atom. The minimum Gasteiger partial charge on any atom is -0.311 e. The highest BCUT2D eigenvalue weighted by molar-refractivity contribution is 5.97. The number of pyridine rings is 1. The predicted octanol–water partition coefficient (Wildman–Crippen LogP) is 3.19. The molecule has 8 nitrogen and oxygen atoms in total. The molecular formula is C23H24N6O2. The third-order valence-corrected chi connectivity index (χ3v) is 4.67. The van der Waals surface area contributed by atoms with Crippen molar-refractivity contribution in [2.75, 3.05) is 16.8 Å². The lowest BCUT2D eigenvalue weighted by Crippen LogP contribution is -2.32. The summed E-state index contributed by atoms with van der Waals surface area (Å²) in [5.74, 6) is -0.0166. The molecule has 8 heteroatoms. The van der Waals surface area contributed by atoms with Crippen molar-refractivity contribution < 1.29 is 9.59 Å². The molecule has 0 bridgehead atoms. The summed E-state index contributed by atoms with van der Waals surface area (Å²) >= 11 is 0. The number of aromatic nitrogens is 3. The number of para-hydroxylation sites is 1. The lowest BCUT2D eigenvalue weighted by molar-refractivity contribution is -0.122. The van der Waals surface area contributed by atoms with E-state index in [4.69, 9.17) is 5.26 Å². The van der Waals surface area contributed by atoms with E-state index in [2.05, 4.69) is 21.5 Å². The van der Waals surface area contributed by atoms with Crippen LogP contribution in [0, 0.1) is 11.3 Å². The monoisotopic (exact) mass is 416 g/mol. The van der Waals surface area contributed by atoms with Crippen molar-refractivity contribution in [2.24, 2.45) is 0 Å². The van der Waals surface area contributed by atoms with Crippen LogP contribution in [-0.2, 0) is 22.6 Å². The molecule has 0 aliphatic rings. The maximum atomic E-state index is 12.6. The zero-order chi connectivity index (χ0) is 21.9. The van der Waals surface area contributed by atoms with Crippen molar-refractivity contribution in [2.45, 2.75) is 32.2 Å². The number of aryl methyl sites for hydroxylation is 2. The highest BCUT2D eigenvalue weighted by atomic mass is 16.2. The smallest absolute Gasteiger partial charge is 0.227 e. The number of nitrogens with zero attached hydrogens (tertiary/aromatic N) is 5. The van der Waals surface area contributed by atoms with Gasteiger partial charge in [0.2, 0.25) is 11.8 Å². The zero-order valence-corrected chi connectivity index (χ0v) is 17.1. The minimum atomic E-state index is -0.277. The van der Waals surface area contributed by atoms with Gasteiger partial charge in [-0.1, -0.05) is 18.2 Å². The molecule has 0 aliphatic carbocycles. The van der Waals surface area contributed by atoms with Crippen LogP contribution in [0.4, 0.5) is 11.5 Å². The number of amides is 2. The lowest BCUT2D eigenvalue weighted by Gasteiger charge is -2.21. The van der Waals surface area contributed by atoms with Crippen LogP contribution in [0.5, 0.6) is 0 Å². The van der Waals surface area contributed by atoms with Crippen molar-refractivity contribution >= 4 is 23.3 Å². The number of benzene rings is 1. The van der Waals surface area contributed by atoms with Crippen LogP contribution >= 0.6 is 0 Å². The van der Waals surface area contributed by atoms with Gasteiger partial charge in [-0.15, -0.1) is 0 Å². The Hall–Kier alpha value is -3.99.